The van der Waals surface area contributed by atoms with Gasteiger partial charge in [-0.05, 0) is 148 Å². The monoisotopic (exact) mass is 2080 g/mol. The van der Waals surface area contributed by atoms with Gasteiger partial charge in [0.1, 0.15) is 102 Å². The first-order chi connectivity index (χ1) is 70.2. The number of nitrogens with one attached hydrogen (secondary N) is 16. The highest BCUT2D eigenvalue weighted by Crippen LogP contribution is 2.27. The van der Waals surface area contributed by atoms with Gasteiger partial charge in [0, 0.05) is 87.0 Å². The number of carbonyl (C=O) groups is 20. The Morgan fingerprint density at radius 2 is 0.811 bits per heavy atom. The fraction of sp³-hybridized carbons (Fsp3) is 0.500. The third-order valence-electron chi connectivity index (χ3n) is 24.6. The lowest BCUT2D eigenvalue weighted by Gasteiger charge is -2.32. The van der Waals surface area contributed by atoms with Crippen LogP contribution in [0.2, 0.25) is 0 Å². The third kappa shape index (κ3) is 36.5. The molecule has 2 aromatic heterocycles. The number of phenols is 2. The second kappa shape index (κ2) is 57.6. The van der Waals surface area contributed by atoms with E-state index in [-0.39, 0.29) is 100 Å². The van der Waals surface area contributed by atoms with E-state index in [2.05, 4.69) is 89.4 Å². The lowest BCUT2D eigenvalue weighted by atomic mass is 9.99. The van der Waals surface area contributed by atoms with Gasteiger partial charge in [0.05, 0.1) is 38.1 Å². The van der Waals surface area contributed by atoms with Gasteiger partial charge >= 0.3 is 11.9 Å². The van der Waals surface area contributed by atoms with Gasteiger partial charge in [-0.15, -0.1) is 0 Å². The lowest BCUT2D eigenvalue weighted by molar-refractivity contribution is -0.145. The Bertz CT molecular complexity index is 5620. The number of benzene rings is 4. The number of carbonyl (C=O) groups excluding carboxylic acids is 18. The number of rotatable bonds is 59. The Morgan fingerprint density at radius 3 is 1.24 bits per heavy atom. The number of carboxylic acids is 2. The van der Waals surface area contributed by atoms with Gasteiger partial charge in [0.15, 0.2) is 6.04 Å². The Kier molecular flexibility index (Phi) is 46.0. The number of carboxylic acid groups (broad SMARTS) is 2. The normalized spacial score (nSPS) is 16.6. The van der Waals surface area contributed by atoms with E-state index in [0.717, 1.165) is 6.92 Å². The Morgan fingerprint density at radius 1 is 0.426 bits per heavy atom. The van der Waals surface area contributed by atoms with Crippen LogP contribution in [0.4, 0.5) is 0 Å². The first kappa shape index (κ1) is 118. The molecule has 4 aromatic carbocycles. The molecule has 0 spiro atoms. The number of aromatic nitrogens is 3. The molecule has 8 rings (SSSR count). The number of nitrogens with zero attached hydrogens (tertiary/aromatic N) is 3. The zero-order chi connectivity index (χ0) is 109. The molecule has 0 bridgehead atoms. The number of aliphatic carboxylic acids is 2. The zero-order valence-electron chi connectivity index (χ0n) is 82.9. The maximum absolute atomic E-state index is 15.1. The minimum Gasteiger partial charge on any atom is -0.508 e. The summed E-state index contributed by atoms with van der Waals surface area (Å²) in [6.45, 7) is 6.80. The minimum atomic E-state index is -2.06. The minimum absolute atomic E-state index is 0.00576. The topological polar surface area (TPSA) is 780 Å². The van der Waals surface area contributed by atoms with Gasteiger partial charge in [-0.2, -0.15) is 11.8 Å². The first-order valence-corrected chi connectivity index (χ1v) is 49.8. The van der Waals surface area contributed by atoms with Gasteiger partial charge < -0.3 is 147 Å². The average Bonchev–Trinajstić information content (AvgIpc) is 1.63. The van der Waals surface area contributed by atoms with Crippen molar-refractivity contribution in [3.05, 3.63) is 150 Å². The number of likely N-dealkylation sites (tertiary alicyclic amines) is 2. The highest BCUT2D eigenvalue weighted by molar-refractivity contribution is 7.98. The van der Waals surface area contributed by atoms with E-state index in [0.29, 0.717) is 39.8 Å². The van der Waals surface area contributed by atoms with E-state index < -0.39 is 291 Å². The molecule has 0 saturated carbocycles. The molecule has 4 heterocycles. The van der Waals surface area contributed by atoms with Crippen molar-refractivity contribution in [1.82, 2.24) is 99.2 Å². The van der Waals surface area contributed by atoms with Crippen LogP contribution in [0.5, 0.6) is 11.5 Å². The highest BCUT2D eigenvalue weighted by Gasteiger charge is 2.45. The van der Waals surface area contributed by atoms with E-state index in [1.807, 2.05) is 0 Å². The van der Waals surface area contributed by atoms with Crippen LogP contribution in [0.1, 0.15) is 147 Å². The average molecular weight is 2080 g/mol. The number of hydrogen-bond donors (Lipinski definition) is 26. The van der Waals surface area contributed by atoms with Crippen molar-refractivity contribution in [1.29, 1.82) is 0 Å². The van der Waals surface area contributed by atoms with E-state index in [1.54, 1.807) is 82.6 Å². The molecule has 804 valence electrons. The smallest absolute Gasteiger partial charge is 0.328 e. The SMILES string of the molecule is CSCC[C@H](NC(=O)[C@@H]1CCCN1C(=O)[C@H](CCC(=O)O)NC(=O)[C@H](C)N)C(=O)N1CCC[C@H]1C(=O)N[C@@H](Cc1cnc[nH]1)C(=O)N[C@@H](CO)C(=O)N[C@@H](CC(C)C)C(=O)N[C@@H](CC(N)=O)C(=O)N[C@@H](Cc1ccccc1)C(=O)N[C@@H](CO)C(=O)N[C@@H](CCC(N)=O)C(=O)N[C@@H](Cc1ccc(O)cc1)C(=O)N[C@@H](CC(C)C)C(=O)N[C@@H](Cc1c[nH]c2ccccc12)C(=O)N[C@@H](Cc1ccc(O)cc1)C(=O)N[C@H](C(=O)O)[C@@H](C)O. The number of aromatic amines is 2. The Balaban J connectivity index is 0.971. The molecule has 0 aliphatic carbocycles. The summed E-state index contributed by atoms with van der Waals surface area (Å²) in [4.78, 5) is 294. The van der Waals surface area contributed by atoms with Gasteiger partial charge in [-0.25, -0.2) is 9.78 Å². The molecule has 2 aliphatic rings. The largest absolute Gasteiger partial charge is 0.508 e. The summed E-state index contributed by atoms with van der Waals surface area (Å²) in [5.41, 5.74) is 19.4. The Hall–Kier alpha value is -15.2. The van der Waals surface area contributed by atoms with Crippen molar-refractivity contribution in [2.45, 2.75) is 260 Å². The fourth-order valence-electron chi connectivity index (χ4n) is 16.8. The Labute approximate surface area is 855 Å². The number of para-hydroxylation sites is 1. The fourth-order valence-corrected chi connectivity index (χ4v) is 17.2. The number of thioether (sulfide) groups is 1. The summed E-state index contributed by atoms with van der Waals surface area (Å²) in [5, 5.41) is 108. The van der Waals surface area contributed by atoms with Crippen LogP contribution in [0.3, 0.4) is 0 Å². The molecule has 29 N–H and O–H groups in total. The predicted molar refractivity (Wildman–Crippen MR) is 533 cm³/mol. The molecule has 6 aromatic rings. The zero-order valence-corrected chi connectivity index (χ0v) is 83.7. The number of nitrogens with two attached hydrogens (primary N) is 3. The van der Waals surface area contributed by atoms with E-state index in [1.165, 1.54) is 102 Å². The summed E-state index contributed by atoms with van der Waals surface area (Å²) < 4.78 is 0. The van der Waals surface area contributed by atoms with E-state index in [9.17, 15) is 122 Å². The molecule has 2 aliphatic heterocycles. The molecule has 49 nitrogen and oxygen atoms in total. The molecule has 148 heavy (non-hydrogen) atoms. The molecule has 2 saturated heterocycles. The number of H-pyrrole nitrogens is 2. The molecule has 2 fully saturated rings. The predicted octanol–water partition coefficient (Wildman–Crippen LogP) is -4.77. The van der Waals surface area contributed by atoms with Gasteiger partial charge in [0.25, 0.3) is 0 Å². The van der Waals surface area contributed by atoms with Crippen LogP contribution in [-0.2, 0) is 128 Å². The standard InChI is InChI=1S/C98H134N22O27S/c1-50(2)37-66(84(132)113-71(42-57-45-103-62-18-12-11-17-61(57)62)88(136)112-70(41-56-23-27-60(125)28-24-56)91(139)118-81(53(6)123)98(146)147)108-86(134)69(40-55-21-25-59(124)26-22-55)110-83(131)63(29-31-78(100)126)105-92(140)74(47-121)116-87(135)68(39-54-15-9-8-10-16-54)111-90(138)73(44-79(101)127)114-85(133)67(38-51(3)4)109-93(141)75(48-122)117-89(137)72(43-58-46-102-49-104-58)115-95(143)77-20-14-35-120(77)97(145)65(33-36-148-7)107-94(142)76-19-13-34-119(76)96(144)64(30-32-80(128)129)106-82(130)52(5)99/h8-12,15-18,21-28,45-46,49-53,63-77,81,103,121-125H,13-14,19-20,29-44,47-48,99H2,1-7H3,(H2,100,126)(H2,101,127)(H,102,104)(H,105,140)(H,106,130)(H,107,142)(H,108,134)(H,109,141)(H,110,131)(H,111,138)(H,112,136)(H,113,132)(H,114,133)(H,115,143)(H,116,135)(H,117,137)(H,118,139)(H,128,129)(H,146,147)/t52-,53+,63-,64-,65-,66-,67-,68-,69-,70-,71-,72-,73-,74-,75-,76-,77-,81-/m0/s1. The second-order valence-corrected chi connectivity index (χ2v) is 38.3. The number of aromatic hydroxyl groups is 2. The number of primary amides is 2. The van der Waals surface area contributed by atoms with Crippen molar-refractivity contribution < 1.29 is 132 Å². The molecule has 18 atom stereocenters. The number of aliphatic hydroxyl groups is 3. The van der Waals surface area contributed by atoms with Crippen LogP contribution < -0.4 is 91.6 Å². The van der Waals surface area contributed by atoms with Crippen molar-refractivity contribution >= 4 is 141 Å². The number of amides is 18. The summed E-state index contributed by atoms with van der Waals surface area (Å²) in [6.07, 6.45) is -0.122. The van der Waals surface area contributed by atoms with Crippen LogP contribution >= 0.6 is 11.8 Å². The maximum atomic E-state index is 15.1. The van der Waals surface area contributed by atoms with Crippen LogP contribution in [0.15, 0.2) is 122 Å². The van der Waals surface area contributed by atoms with Gasteiger partial charge in [-0.3, -0.25) is 91.1 Å². The number of hydrogen-bond acceptors (Lipinski definition) is 28. The van der Waals surface area contributed by atoms with Crippen molar-refractivity contribution in [3.8, 4) is 11.5 Å². The first-order valence-electron chi connectivity index (χ1n) is 48.4. The van der Waals surface area contributed by atoms with E-state index >= 15 is 9.59 Å². The summed E-state index contributed by atoms with van der Waals surface area (Å²) in [6, 6.07) is -1.91. The number of imidazole rings is 1. The summed E-state index contributed by atoms with van der Waals surface area (Å²) in [7, 11) is 0. The lowest BCUT2D eigenvalue weighted by Crippen LogP contribution is -2.62. The molecule has 18 amide bonds. The van der Waals surface area contributed by atoms with Crippen molar-refractivity contribution in [2.75, 3.05) is 38.3 Å². The molecular weight excluding hydrogens is 1950 g/mol. The number of phenolic OH excluding ortho intramolecular Hbond substituents is 2. The second-order valence-electron chi connectivity index (χ2n) is 37.3. The number of fused-ring (bicyclic) bond motifs is 1. The molecule has 50 heteroatoms. The van der Waals surface area contributed by atoms with Gasteiger partial charge in [0.2, 0.25) is 106 Å². The van der Waals surface area contributed by atoms with Crippen molar-refractivity contribution in [2.24, 2.45) is 29.0 Å². The quantitative estimate of drug-likeness (QED) is 0.0170. The van der Waals surface area contributed by atoms with Crippen LogP contribution in [-0.4, -0.2) is 326 Å². The van der Waals surface area contributed by atoms with Crippen LogP contribution in [0.25, 0.3) is 10.9 Å². The van der Waals surface area contributed by atoms with Crippen molar-refractivity contribution in [3.63, 3.8) is 0 Å². The highest BCUT2D eigenvalue weighted by atomic mass is 32.2. The van der Waals surface area contributed by atoms with Crippen LogP contribution in [0, 0.1) is 11.8 Å². The molecular formula is C98H134N22O27S. The van der Waals surface area contributed by atoms with E-state index in [4.69, 9.17) is 17.2 Å². The summed E-state index contributed by atoms with van der Waals surface area (Å²) >= 11 is 1.34. The third-order valence-corrected chi connectivity index (χ3v) is 25.2. The van der Waals surface area contributed by atoms with Gasteiger partial charge in [-0.1, -0.05) is 100 Å². The summed E-state index contributed by atoms with van der Waals surface area (Å²) in [5.74, 6) is -22.4. The molecule has 0 unspecified atom stereocenters. The molecule has 0 radical (unpaired) electrons. The maximum Gasteiger partial charge on any atom is 0.328 e. The number of aliphatic hydroxyl groups excluding tert-OH is 3.